The van der Waals surface area contributed by atoms with Crippen LogP contribution in [-0.4, -0.2) is 18.8 Å². The van der Waals surface area contributed by atoms with Gasteiger partial charge in [-0.3, -0.25) is 9.36 Å². The minimum absolute atomic E-state index is 0.0252. The number of thiazole rings is 1. The van der Waals surface area contributed by atoms with Crippen molar-refractivity contribution < 1.29 is 9.47 Å². The summed E-state index contributed by atoms with van der Waals surface area (Å²) in [5.41, 5.74) is 6.55. The summed E-state index contributed by atoms with van der Waals surface area (Å²) in [6.45, 7) is 0. The molecule has 0 bridgehead atoms. The molecule has 1 aromatic heterocycles. The molecule has 2 aliphatic rings. The third-order valence-electron chi connectivity index (χ3n) is 6.69. The third kappa shape index (κ3) is 3.61. The van der Waals surface area contributed by atoms with E-state index in [0.29, 0.717) is 20.8 Å². The second-order valence-electron chi connectivity index (χ2n) is 8.64. The zero-order chi connectivity index (χ0) is 23.9. The fourth-order valence-corrected chi connectivity index (χ4v) is 6.05. The van der Waals surface area contributed by atoms with Crippen LogP contribution in [0.2, 0.25) is 0 Å². The number of nitrogens with zero attached hydrogens (tertiary/aromatic N) is 2. The number of fused-ring (bicyclic) bond motifs is 3. The molecule has 0 spiro atoms. The predicted molar refractivity (Wildman–Crippen MR) is 139 cm³/mol. The van der Waals surface area contributed by atoms with Crippen LogP contribution in [0.1, 0.15) is 34.7 Å². The van der Waals surface area contributed by atoms with Crippen LogP contribution < -0.4 is 24.4 Å². The summed E-state index contributed by atoms with van der Waals surface area (Å²) in [6, 6.07) is 24.0. The molecule has 0 unspecified atom stereocenters. The first kappa shape index (κ1) is 21.6. The van der Waals surface area contributed by atoms with Gasteiger partial charge in [0.2, 0.25) is 0 Å². The molecule has 6 heteroatoms. The topological polar surface area (TPSA) is 52.8 Å². The number of methoxy groups -OCH3 is 2. The monoisotopic (exact) mass is 480 g/mol. The standard InChI is InChI=1S/C29H24N2O3S/c1-33-23-15-13-20(17-24(23)34-2)27-22-14-12-19-10-6-7-11-21(19)26(22)30-29-31(27)28(32)25(35-29)16-18-8-4-3-5-9-18/h3-11,13,15-17,27H,12,14H2,1-2H3/b25-16-/t27-/m1/s1. The Balaban J connectivity index is 1.63. The lowest BCUT2D eigenvalue weighted by atomic mass is 9.83. The first-order valence-corrected chi connectivity index (χ1v) is 12.4. The van der Waals surface area contributed by atoms with E-state index >= 15 is 0 Å². The van der Waals surface area contributed by atoms with E-state index in [0.717, 1.165) is 40.8 Å². The summed E-state index contributed by atoms with van der Waals surface area (Å²) >= 11 is 1.44. The number of allylic oxidation sites excluding steroid dienone is 1. The maximum absolute atomic E-state index is 13.8. The van der Waals surface area contributed by atoms with Gasteiger partial charge >= 0.3 is 0 Å². The number of benzene rings is 3. The van der Waals surface area contributed by atoms with Gasteiger partial charge in [-0.15, -0.1) is 0 Å². The van der Waals surface area contributed by atoms with E-state index in [9.17, 15) is 4.79 Å². The van der Waals surface area contributed by atoms with E-state index in [1.165, 1.54) is 16.9 Å². The Bertz CT molecular complexity index is 1650. The Morgan fingerprint density at radius 2 is 1.71 bits per heavy atom. The zero-order valence-electron chi connectivity index (χ0n) is 19.5. The Morgan fingerprint density at radius 3 is 2.51 bits per heavy atom. The van der Waals surface area contributed by atoms with Crippen LogP contribution in [0.15, 0.2) is 88.2 Å². The number of aryl methyl sites for hydroxylation is 1. The van der Waals surface area contributed by atoms with E-state index < -0.39 is 0 Å². The van der Waals surface area contributed by atoms with Gasteiger partial charge in [0.25, 0.3) is 5.56 Å². The molecule has 0 radical (unpaired) electrons. The molecular formula is C29H24N2O3S. The molecule has 1 aliphatic carbocycles. The second-order valence-corrected chi connectivity index (χ2v) is 9.65. The molecule has 5 nitrogen and oxygen atoms in total. The molecule has 1 atom stereocenters. The summed E-state index contributed by atoms with van der Waals surface area (Å²) in [6.07, 6.45) is 3.71. The van der Waals surface area contributed by atoms with Crippen LogP contribution in [0, 0.1) is 0 Å². The number of ether oxygens (including phenoxy) is 2. The molecule has 0 amide bonds. The Morgan fingerprint density at radius 1 is 0.943 bits per heavy atom. The van der Waals surface area contributed by atoms with Crippen molar-refractivity contribution in [1.82, 2.24) is 4.57 Å². The summed E-state index contributed by atoms with van der Waals surface area (Å²) in [5.74, 6) is 1.31. The average Bonchev–Trinajstić information content (AvgIpc) is 3.21. The van der Waals surface area contributed by atoms with E-state index in [1.54, 1.807) is 14.2 Å². The molecule has 0 fully saturated rings. The van der Waals surface area contributed by atoms with Crippen molar-refractivity contribution in [3.05, 3.63) is 120 Å². The summed E-state index contributed by atoms with van der Waals surface area (Å²) in [5, 5.41) is 0. The van der Waals surface area contributed by atoms with E-state index in [1.807, 2.05) is 59.2 Å². The first-order valence-electron chi connectivity index (χ1n) is 11.6. The molecule has 3 aromatic carbocycles. The first-order chi connectivity index (χ1) is 17.2. The van der Waals surface area contributed by atoms with Crippen molar-refractivity contribution in [3.63, 3.8) is 0 Å². The Hall–Kier alpha value is -3.90. The van der Waals surface area contributed by atoms with Gasteiger partial charge in [-0.1, -0.05) is 72.0 Å². The van der Waals surface area contributed by atoms with Gasteiger partial charge in [-0.05, 0) is 53.3 Å². The highest BCUT2D eigenvalue weighted by Crippen LogP contribution is 2.42. The van der Waals surface area contributed by atoms with Gasteiger partial charge in [0.1, 0.15) is 0 Å². The van der Waals surface area contributed by atoms with E-state index in [2.05, 4.69) is 24.3 Å². The molecule has 0 saturated heterocycles. The van der Waals surface area contributed by atoms with Crippen LogP contribution >= 0.6 is 11.3 Å². The molecule has 0 saturated carbocycles. The third-order valence-corrected chi connectivity index (χ3v) is 7.68. The second kappa shape index (κ2) is 8.71. The van der Waals surface area contributed by atoms with Crippen molar-refractivity contribution in [2.24, 2.45) is 4.99 Å². The Labute approximate surface area is 206 Å². The lowest BCUT2D eigenvalue weighted by Crippen LogP contribution is -2.38. The SMILES string of the molecule is COc1ccc([C@@H]2C3=C(N=c4s/c(=C\c5ccccc5)c(=O)n42)c2ccccc2CC3)cc1OC. The largest absolute Gasteiger partial charge is 0.493 e. The van der Waals surface area contributed by atoms with Gasteiger partial charge < -0.3 is 9.47 Å². The molecule has 0 N–H and O–H groups in total. The van der Waals surface area contributed by atoms with E-state index in [-0.39, 0.29) is 11.6 Å². The predicted octanol–water partition coefficient (Wildman–Crippen LogP) is 4.34. The van der Waals surface area contributed by atoms with Crippen molar-refractivity contribution in [2.45, 2.75) is 18.9 Å². The number of rotatable bonds is 4. The highest BCUT2D eigenvalue weighted by Gasteiger charge is 2.33. The fraction of sp³-hybridized carbons (Fsp3) is 0.172. The van der Waals surface area contributed by atoms with Crippen molar-refractivity contribution in [1.29, 1.82) is 0 Å². The summed E-state index contributed by atoms with van der Waals surface area (Å²) < 4.78 is 13.6. The smallest absolute Gasteiger partial charge is 0.271 e. The van der Waals surface area contributed by atoms with Crippen molar-refractivity contribution in [2.75, 3.05) is 14.2 Å². The van der Waals surface area contributed by atoms with Gasteiger partial charge in [-0.2, -0.15) is 0 Å². The highest BCUT2D eigenvalue weighted by molar-refractivity contribution is 7.07. The lowest BCUT2D eigenvalue weighted by Gasteiger charge is -2.31. The van der Waals surface area contributed by atoms with Crippen molar-refractivity contribution >= 4 is 23.1 Å². The zero-order valence-corrected chi connectivity index (χ0v) is 20.3. The number of hydrogen-bond acceptors (Lipinski definition) is 5. The van der Waals surface area contributed by atoms with Gasteiger partial charge in [0.05, 0.1) is 30.5 Å². The van der Waals surface area contributed by atoms with Gasteiger partial charge in [-0.25, -0.2) is 4.99 Å². The molecule has 4 aromatic rings. The van der Waals surface area contributed by atoms with Crippen molar-refractivity contribution in [3.8, 4) is 11.5 Å². The number of hydrogen-bond donors (Lipinski definition) is 0. The molecule has 35 heavy (non-hydrogen) atoms. The van der Waals surface area contributed by atoms with Crippen LogP contribution in [0.3, 0.4) is 0 Å². The fourth-order valence-electron chi connectivity index (χ4n) is 5.05. The van der Waals surface area contributed by atoms with Crippen LogP contribution in [-0.2, 0) is 6.42 Å². The highest BCUT2D eigenvalue weighted by atomic mass is 32.1. The molecular weight excluding hydrogens is 456 g/mol. The minimum Gasteiger partial charge on any atom is -0.493 e. The maximum Gasteiger partial charge on any atom is 0.271 e. The lowest BCUT2D eigenvalue weighted by molar-refractivity contribution is 0.354. The quantitative estimate of drug-likeness (QED) is 0.437. The summed E-state index contributed by atoms with van der Waals surface area (Å²) in [4.78, 5) is 19.6. The van der Waals surface area contributed by atoms with Crippen LogP contribution in [0.5, 0.6) is 11.5 Å². The molecule has 1 aliphatic heterocycles. The van der Waals surface area contributed by atoms with E-state index in [4.69, 9.17) is 14.5 Å². The minimum atomic E-state index is -0.257. The van der Waals surface area contributed by atoms with Crippen LogP contribution in [0.25, 0.3) is 11.8 Å². The molecule has 2 heterocycles. The van der Waals surface area contributed by atoms with Crippen LogP contribution in [0.4, 0.5) is 0 Å². The van der Waals surface area contributed by atoms with Gasteiger partial charge in [0, 0.05) is 5.56 Å². The summed E-state index contributed by atoms with van der Waals surface area (Å²) in [7, 11) is 3.26. The Kier molecular flexibility index (Phi) is 5.38. The maximum atomic E-state index is 13.8. The number of aromatic nitrogens is 1. The van der Waals surface area contributed by atoms with Gasteiger partial charge in [0.15, 0.2) is 16.3 Å². The molecule has 174 valence electrons. The normalized spacial score (nSPS) is 16.7. The average molecular weight is 481 g/mol. The molecule has 6 rings (SSSR count).